The second-order valence-corrected chi connectivity index (χ2v) is 4.95. The minimum Gasteiger partial charge on any atom is -0.377 e. The van der Waals surface area contributed by atoms with Crippen molar-refractivity contribution in [3.05, 3.63) is 18.1 Å². The van der Waals surface area contributed by atoms with Gasteiger partial charge in [-0.15, -0.1) is 0 Å². The van der Waals surface area contributed by atoms with Gasteiger partial charge in [0.15, 0.2) is 0 Å². The molecule has 2 rings (SSSR count). The molecule has 0 spiro atoms. The Morgan fingerprint density at radius 1 is 1.56 bits per heavy atom. The highest BCUT2D eigenvalue weighted by atomic mass is 16.5. The number of nitrogens with zero attached hydrogens (tertiary/aromatic N) is 3. The molecule has 1 aliphatic heterocycles. The zero-order valence-corrected chi connectivity index (χ0v) is 11.4. The number of morpholine rings is 1. The Balaban J connectivity index is 2.07. The minimum absolute atomic E-state index is 0.343. The Labute approximate surface area is 109 Å². The summed E-state index contributed by atoms with van der Waals surface area (Å²) in [5.74, 6) is 1.82. The number of rotatable bonds is 4. The van der Waals surface area contributed by atoms with Crippen LogP contribution in [0.2, 0.25) is 0 Å². The van der Waals surface area contributed by atoms with Crippen molar-refractivity contribution in [3.8, 4) is 0 Å². The molecule has 1 N–H and O–H groups in total. The normalized spacial score (nSPS) is 20.4. The lowest BCUT2D eigenvalue weighted by atomic mass is 10.2. The highest BCUT2D eigenvalue weighted by Crippen LogP contribution is 2.16. The molecule has 0 aliphatic carbocycles. The molecule has 1 aromatic heterocycles. The highest BCUT2D eigenvalue weighted by molar-refractivity contribution is 5.39. The summed E-state index contributed by atoms with van der Waals surface area (Å²) in [7, 11) is 0. The zero-order valence-electron chi connectivity index (χ0n) is 11.4. The standard InChI is InChI=1S/C13H22N4O/c1-10(2)15-8-12-9-18-7-6-17(12)13-4-5-14-11(3)16-13/h4-5,10,12,15H,6-9H2,1-3H3. The molecule has 18 heavy (non-hydrogen) atoms. The van der Waals surface area contributed by atoms with Crippen molar-refractivity contribution in [1.29, 1.82) is 0 Å². The molecule has 1 unspecified atom stereocenters. The molecular weight excluding hydrogens is 228 g/mol. The summed E-state index contributed by atoms with van der Waals surface area (Å²) in [4.78, 5) is 11.0. The van der Waals surface area contributed by atoms with Gasteiger partial charge in [0.25, 0.3) is 0 Å². The number of aromatic nitrogens is 2. The van der Waals surface area contributed by atoms with E-state index in [1.54, 1.807) is 0 Å². The van der Waals surface area contributed by atoms with E-state index >= 15 is 0 Å². The maximum atomic E-state index is 5.57. The van der Waals surface area contributed by atoms with Crippen molar-refractivity contribution >= 4 is 5.82 Å². The fourth-order valence-corrected chi connectivity index (χ4v) is 2.10. The van der Waals surface area contributed by atoms with Gasteiger partial charge in [-0.1, -0.05) is 13.8 Å². The Morgan fingerprint density at radius 3 is 3.11 bits per heavy atom. The van der Waals surface area contributed by atoms with Crippen LogP contribution in [0.15, 0.2) is 12.3 Å². The molecule has 2 heterocycles. The summed E-state index contributed by atoms with van der Waals surface area (Å²) in [6.07, 6.45) is 1.82. The van der Waals surface area contributed by atoms with Gasteiger partial charge in [-0.05, 0) is 13.0 Å². The molecule has 0 amide bonds. The second-order valence-electron chi connectivity index (χ2n) is 4.95. The Kier molecular flexibility index (Phi) is 4.49. The second kappa shape index (κ2) is 6.11. The highest BCUT2D eigenvalue weighted by Gasteiger charge is 2.24. The fourth-order valence-electron chi connectivity index (χ4n) is 2.10. The van der Waals surface area contributed by atoms with E-state index in [2.05, 4.69) is 34.0 Å². The number of anilines is 1. The molecular formula is C13H22N4O. The van der Waals surface area contributed by atoms with Crippen molar-refractivity contribution < 1.29 is 4.74 Å². The van der Waals surface area contributed by atoms with E-state index in [-0.39, 0.29) is 0 Å². The van der Waals surface area contributed by atoms with Crippen molar-refractivity contribution in [2.24, 2.45) is 0 Å². The summed E-state index contributed by atoms with van der Waals surface area (Å²) < 4.78 is 5.57. The van der Waals surface area contributed by atoms with Crippen molar-refractivity contribution in [1.82, 2.24) is 15.3 Å². The summed E-state index contributed by atoms with van der Waals surface area (Å²) in [5, 5.41) is 3.46. The van der Waals surface area contributed by atoms with Gasteiger partial charge in [0.2, 0.25) is 0 Å². The van der Waals surface area contributed by atoms with Gasteiger partial charge in [0.1, 0.15) is 11.6 Å². The van der Waals surface area contributed by atoms with Crippen LogP contribution in [0, 0.1) is 6.92 Å². The molecule has 1 saturated heterocycles. The van der Waals surface area contributed by atoms with E-state index in [0.29, 0.717) is 12.1 Å². The van der Waals surface area contributed by atoms with Crippen LogP contribution in [0.5, 0.6) is 0 Å². The lowest BCUT2D eigenvalue weighted by Gasteiger charge is -2.37. The molecule has 5 nitrogen and oxygen atoms in total. The van der Waals surface area contributed by atoms with Crippen LogP contribution < -0.4 is 10.2 Å². The molecule has 5 heteroatoms. The maximum absolute atomic E-state index is 5.57. The van der Waals surface area contributed by atoms with E-state index < -0.39 is 0 Å². The molecule has 100 valence electrons. The molecule has 0 saturated carbocycles. The summed E-state index contributed by atoms with van der Waals surface area (Å²) in [6, 6.07) is 2.80. The minimum atomic E-state index is 0.343. The van der Waals surface area contributed by atoms with Crippen LogP contribution in [0.4, 0.5) is 5.82 Å². The number of ether oxygens (including phenoxy) is 1. The largest absolute Gasteiger partial charge is 0.377 e. The Morgan fingerprint density at radius 2 is 2.39 bits per heavy atom. The van der Waals surface area contributed by atoms with Crippen LogP contribution in [0.25, 0.3) is 0 Å². The molecule has 1 atom stereocenters. The van der Waals surface area contributed by atoms with Crippen LogP contribution in [0.3, 0.4) is 0 Å². The van der Waals surface area contributed by atoms with Crippen LogP contribution in [-0.4, -0.2) is 48.4 Å². The average molecular weight is 250 g/mol. The molecule has 0 radical (unpaired) electrons. The van der Waals surface area contributed by atoms with Gasteiger partial charge < -0.3 is 15.0 Å². The van der Waals surface area contributed by atoms with Gasteiger partial charge in [-0.2, -0.15) is 0 Å². The number of aryl methyl sites for hydroxylation is 1. The summed E-state index contributed by atoms with van der Waals surface area (Å²) in [6.45, 7) is 9.56. The molecule has 1 aromatic rings. The topological polar surface area (TPSA) is 50.3 Å². The summed E-state index contributed by atoms with van der Waals surface area (Å²) >= 11 is 0. The van der Waals surface area contributed by atoms with Crippen molar-refractivity contribution in [3.63, 3.8) is 0 Å². The van der Waals surface area contributed by atoms with Gasteiger partial charge in [0, 0.05) is 25.3 Å². The SMILES string of the molecule is Cc1nccc(N2CCOCC2CNC(C)C)n1. The molecule has 0 aromatic carbocycles. The third-order valence-corrected chi connectivity index (χ3v) is 3.04. The number of hydrogen-bond donors (Lipinski definition) is 1. The predicted octanol–water partition coefficient (Wildman–Crippen LogP) is 0.988. The molecule has 0 bridgehead atoms. The zero-order chi connectivity index (χ0) is 13.0. The monoisotopic (exact) mass is 250 g/mol. The third-order valence-electron chi connectivity index (χ3n) is 3.04. The molecule has 1 fully saturated rings. The third kappa shape index (κ3) is 3.40. The summed E-state index contributed by atoms with van der Waals surface area (Å²) in [5.41, 5.74) is 0. The van der Waals surface area contributed by atoms with Crippen LogP contribution >= 0.6 is 0 Å². The Hall–Kier alpha value is -1.20. The predicted molar refractivity (Wildman–Crippen MR) is 71.9 cm³/mol. The first-order valence-corrected chi connectivity index (χ1v) is 6.54. The van der Waals surface area contributed by atoms with E-state index in [0.717, 1.165) is 37.9 Å². The first-order chi connectivity index (χ1) is 8.66. The van der Waals surface area contributed by atoms with Gasteiger partial charge in [-0.25, -0.2) is 9.97 Å². The maximum Gasteiger partial charge on any atom is 0.132 e. The lowest BCUT2D eigenvalue weighted by Crippen LogP contribution is -2.51. The number of nitrogens with one attached hydrogen (secondary N) is 1. The van der Waals surface area contributed by atoms with E-state index in [1.165, 1.54) is 0 Å². The lowest BCUT2D eigenvalue weighted by molar-refractivity contribution is 0.0927. The van der Waals surface area contributed by atoms with E-state index in [4.69, 9.17) is 4.74 Å². The van der Waals surface area contributed by atoms with Gasteiger partial charge in [-0.3, -0.25) is 0 Å². The van der Waals surface area contributed by atoms with Crippen LogP contribution in [-0.2, 0) is 4.74 Å². The first-order valence-electron chi connectivity index (χ1n) is 6.54. The van der Waals surface area contributed by atoms with E-state index in [1.807, 2.05) is 19.2 Å². The van der Waals surface area contributed by atoms with Crippen molar-refractivity contribution in [2.45, 2.75) is 32.9 Å². The number of hydrogen-bond acceptors (Lipinski definition) is 5. The quantitative estimate of drug-likeness (QED) is 0.863. The fraction of sp³-hybridized carbons (Fsp3) is 0.692. The van der Waals surface area contributed by atoms with E-state index in [9.17, 15) is 0 Å². The van der Waals surface area contributed by atoms with Crippen molar-refractivity contribution in [2.75, 3.05) is 31.2 Å². The molecule has 1 aliphatic rings. The van der Waals surface area contributed by atoms with Gasteiger partial charge in [0.05, 0.1) is 19.3 Å². The van der Waals surface area contributed by atoms with Crippen LogP contribution in [0.1, 0.15) is 19.7 Å². The average Bonchev–Trinajstić information content (AvgIpc) is 2.36. The Bertz CT molecular complexity index is 383. The smallest absolute Gasteiger partial charge is 0.132 e. The first kappa shape index (κ1) is 13.2. The van der Waals surface area contributed by atoms with Gasteiger partial charge >= 0.3 is 0 Å².